The Morgan fingerprint density at radius 1 is 1.43 bits per heavy atom. The van der Waals surface area contributed by atoms with Crippen LogP contribution in [-0.4, -0.2) is 18.5 Å². The smallest absolute Gasteiger partial charge is 0.173 e. The Morgan fingerprint density at radius 3 is 2.71 bits per heavy atom. The molecule has 72 valence electrons. The number of nitrogens with two attached hydrogens (primary N) is 1. The number of hydrazone groups is 1. The minimum atomic E-state index is -0.140. The SMILES string of the molecule is Nc1ccc(C(=O)C2C=NNC2)cc1. The van der Waals surface area contributed by atoms with Crippen molar-refractivity contribution in [3.8, 4) is 0 Å². The third-order valence-corrected chi connectivity index (χ3v) is 2.19. The van der Waals surface area contributed by atoms with Crippen molar-refractivity contribution >= 4 is 17.7 Å². The van der Waals surface area contributed by atoms with Gasteiger partial charge in [-0.05, 0) is 24.3 Å². The molecule has 0 aromatic heterocycles. The number of anilines is 1. The van der Waals surface area contributed by atoms with Gasteiger partial charge in [-0.15, -0.1) is 0 Å². The molecule has 1 aliphatic heterocycles. The summed E-state index contributed by atoms with van der Waals surface area (Å²) in [6.07, 6.45) is 1.64. The molecule has 1 aromatic rings. The number of Topliss-reactive ketones (excluding diaryl/α,β-unsaturated/α-hetero) is 1. The normalized spacial score (nSPS) is 19.3. The van der Waals surface area contributed by atoms with Crippen molar-refractivity contribution in [3.63, 3.8) is 0 Å². The Kier molecular flexibility index (Phi) is 2.18. The van der Waals surface area contributed by atoms with Crippen LogP contribution in [0.4, 0.5) is 5.69 Å². The standard InChI is InChI=1S/C10H11N3O/c11-9-3-1-7(2-4-9)10(14)8-5-12-13-6-8/h1-5,8,13H,6,11H2. The Balaban J connectivity index is 2.18. The topological polar surface area (TPSA) is 67.5 Å². The van der Waals surface area contributed by atoms with Gasteiger partial charge in [-0.1, -0.05) is 0 Å². The van der Waals surface area contributed by atoms with Crippen molar-refractivity contribution in [3.05, 3.63) is 29.8 Å². The van der Waals surface area contributed by atoms with Gasteiger partial charge in [-0.25, -0.2) is 0 Å². The fourth-order valence-corrected chi connectivity index (χ4v) is 1.37. The molecule has 1 aromatic carbocycles. The lowest BCUT2D eigenvalue weighted by Crippen LogP contribution is -2.20. The summed E-state index contributed by atoms with van der Waals surface area (Å²) in [5, 5.41) is 3.81. The number of carbonyl (C=O) groups excluding carboxylic acids is 1. The predicted octanol–water partition coefficient (Wildman–Crippen LogP) is 0.657. The van der Waals surface area contributed by atoms with Crippen molar-refractivity contribution in [2.24, 2.45) is 11.0 Å². The van der Waals surface area contributed by atoms with Gasteiger partial charge in [-0.2, -0.15) is 5.10 Å². The Hall–Kier alpha value is -1.84. The van der Waals surface area contributed by atoms with Crippen LogP contribution in [0.2, 0.25) is 0 Å². The van der Waals surface area contributed by atoms with Gasteiger partial charge >= 0.3 is 0 Å². The zero-order valence-corrected chi connectivity index (χ0v) is 7.60. The lowest BCUT2D eigenvalue weighted by Gasteiger charge is -2.04. The van der Waals surface area contributed by atoms with Crippen LogP contribution >= 0.6 is 0 Å². The van der Waals surface area contributed by atoms with E-state index in [9.17, 15) is 4.79 Å². The number of rotatable bonds is 2. The van der Waals surface area contributed by atoms with E-state index in [1.807, 2.05) is 0 Å². The van der Waals surface area contributed by atoms with Gasteiger partial charge in [0.15, 0.2) is 5.78 Å². The summed E-state index contributed by atoms with van der Waals surface area (Å²) < 4.78 is 0. The molecule has 0 saturated heterocycles. The molecular formula is C10H11N3O. The van der Waals surface area contributed by atoms with E-state index in [1.54, 1.807) is 30.5 Å². The second-order valence-electron chi connectivity index (χ2n) is 3.23. The van der Waals surface area contributed by atoms with Crippen molar-refractivity contribution in [1.29, 1.82) is 0 Å². The van der Waals surface area contributed by atoms with E-state index in [0.29, 0.717) is 17.8 Å². The molecule has 0 spiro atoms. The van der Waals surface area contributed by atoms with Crippen molar-refractivity contribution in [2.75, 3.05) is 12.3 Å². The van der Waals surface area contributed by atoms with Gasteiger partial charge in [0.05, 0.1) is 5.92 Å². The molecule has 2 rings (SSSR count). The molecule has 0 radical (unpaired) electrons. The fraction of sp³-hybridized carbons (Fsp3) is 0.200. The van der Waals surface area contributed by atoms with E-state index in [-0.39, 0.29) is 11.7 Å². The molecule has 0 bridgehead atoms. The molecule has 1 atom stereocenters. The number of nitrogen functional groups attached to an aromatic ring is 1. The second-order valence-corrected chi connectivity index (χ2v) is 3.23. The maximum atomic E-state index is 11.8. The van der Waals surface area contributed by atoms with Crippen molar-refractivity contribution in [2.45, 2.75) is 0 Å². The summed E-state index contributed by atoms with van der Waals surface area (Å²) in [5.74, 6) is -0.0580. The summed E-state index contributed by atoms with van der Waals surface area (Å²) in [4.78, 5) is 11.8. The third-order valence-electron chi connectivity index (χ3n) is 2.19. The van der Waals surface area contributed by atoms with E-state index in [0.717, 1.165) is 0 Å². The zero-order valence-electron chi connectivity index (χ0n) is 7.60. The summed E-state index contributed by atoms with van der Waals surface area (Å²) >= 11 is 0. The van der Waals surface area contributed by atoms with Crippen LogP contribution in [0.5, 0.6) is 0 Å². The number of hydrogen-bond acceptors (Lipinski definition) is 4. The molecule has 0 aliphatic carbocycles. The summed E-state index contributed by atoms with van der Waals surface area (Å²) in [5.41, 5.74) is 9.63. The largest absolute Gasteiger partial charge is 0.399 e. The van der Waals surface area contributed by atoms with E-state index in [4.69, 9.17) is 5.73 Å². The average Bonchev–Trinajstić information content (AvgIpc) is 2.71. The molecule has 4 nitrogen and oxygen atoms in total. The number of nitrogens with zero attached hydrogens (tertiary/aromatic N) is 1. The molecule has 0 amide bonds. The molecule has 14 heavy (non-hydrogen) atoms. The lowest BCUT2D eigenvalue weighted by molar-refractivity contribution is 0.0960. The summed E-state index contributed by atoms with van der Waals surface area (Å²) in [6.45, 7) is 0.587. The summed E-state index contributed by atoms with van der Waals surface area (Å²) in [6, 6.07) is 6.94. The maximum absolute atomic E-state index is 11.8. The van der Waals surface area contributed by atoms with Crippen molar-refractivity contribution in [1.82, 2.24) is 5.43 Å². The fourth-order valence-electron chi connectivity index (χ4n) is 1.37. The Bertz CT molecular complexity index is 369. The van der Waals surface area contributed by atoms with Gasteiger partial charge in [0.25, 0.3) is 0 Å². The minimum absolute atomic E-state index is 0.0822. The molecule has 3 N–H and O–H groups in total. The van der Waals surface area contributed by atoms with Crippen LogP contribution in [-0.2, 0) is 0 Å². The van der Waals surface area contributed by atoms with Crippen LogP contribution in [0.25, 0.3) is 0 Å². The van der Waals surface area contributed by atoms with Crippen LogP contribution in [0, 0.1) is 5.92 Å². The van der Waals surface area contributed by atoms with Gasteiger partial charge in [0, 0.05) is 24.0 Å². The molecule has 4 heteroatoms. The van der Waals surface area contributed by atoms with Gasteiger partial charge in [-0.3, -0.25) is 4.79 Å². The quantitative estimate of drug-likeness (QED) is 0.530. The van der Waals surface area contributed by atoms with E-state index < -0.39 is 0 Å². The first-order chi connectivity index (χ1) is 6.77. The number of benzene rings is 1. The first-order valence-corrected chi connectivity index (χ1v) is 4.43. The highest BCUT2D eigenvalue weighted by Gasteiger charge is 2.20. The second kappa shape index (κ2) is 3.49. The zero-order chi connectivity index (χ0) is 9.97. The molecule has 1 unspecified atom stereocenters. The van der Waals surface area contributed by atoms with Crippen LogP contribution < -0.4 is 11.2 Å². The van der Waals surface area contributed by atoms with Gasteiger partial charge in [0.2, 0.25) is 0 Å². The highest BCUT2D eigenvalue weighted by Crippen LogP contribution is 2.11. The molecule has 1 heterocycles. The number of carbonyl (C=O) groups is 1. The molecule has 0 saturated carbocycles. The lowest BCUT2D eigenvalue weighted by atomic mass is 9.99. The van der Waals surface area contributed by atoms with Gasteiger partial charge < -0.3 is 11.2 Å². The van der Waals surface area contributed by atoms with Crippen LogP contribution in [0.3, 0.4) is 0 Å². The van der Waals surface area contributed by atoms with E-state index >= 15 is 0 Å². The summed E-state index contributed by atoms with van der Waals surface area (Å²) in [7, 11) is 0. The molecule has 1 aliphatic rings. The first kappa shape index (κ1) is 8.74. The number of ketones is 1. The average molecular weight is 189 g/mol. The molecular weight excluding hydrogens is 178 g/mol. The maximum Gasteiger partial charge on any atom is 0.173 e. The van der Waals surface area contributed by atoms with E-state index in [2.05, 4.69) is 10.5 Å². The first-order valence-electron chi connectivity index (χ1n) is 4.43. The van der Waals surface area contributed by atoms with Gasteiger partial charge in [0.1, 0.15) is 0 Å². The monoisotopic (exact) mass is 189 g/mol. The Morgan fingerprint density at radius 2 is 2.14 bits per heavy atom. The number of hydrogen-bond donors (Lipinski definition) is 2. The third kappa shape index (κ3) is 1.59. The highest BCUT2D eigenvalue weighted by atomic mass is 16.1. The predicted molar refractivity (Wildman–Crippen MR) is 55.2 cm³/mol. The van der Waals surface area contributed by atoms with Crippen LogP contribution in [0.1, 0.15) is 10.4 Å². The van der Waals surface area contributed by atoms with Crippen LogP contribution in [0.15, 0.2) is 29.4 Å². The Labute approximate surface area is 81.8 Å². The molecule has 0 fully saturated rings. The highest BCUT2D eigenvalue weighted by molar-refractivity contribution is 6.06. The number of nitrogens with one attached hydrogen (secondary N) is 1. The van der Waals surface area contributed by atoms with Crippen molar-refractivity contribution < 1.29 is 4.79 Å². The minimum Gasteiger partial charge on any atom is -0.399 e. The van der Waals surface area contributed by atoms with E-state index in [1.165, 1.54) is 0 Å².